The summed E-state index contributed by atoms with van der Waals surface area (Å²) in [5, 5.41) is 0. The first kappa shape index (κ1) is 34.1. The summed E-state index contributed by atoms with van der Waals surface area (Å²) < 4.78 is 0. The fourth-order valence-electron chi connectivity index (χ4n) is 1.40. The minimum absolute atomic E-state index is 0. The second-order valence-corrected chi connectivity index (χ2v) is 5.35. The standard InChI is InChI=1S/C9H17N.C3H7N.C3H7.C3H5.2W/c1-7(2)10-5-8(3)9(4)6-10;1-3(2)4;2*1-3-2;;/h7-9H,3-6H2,1-2H3;1,4H2,2H3;3H,1-2H3;1H2,2H3;;/q-2;;2*-1;;. The molecule has 134 valence electrons. The molecule has 1 aliphatic rings. The molecular weight excluding hydrogens is 612 g/mol. The molecule has 1 aliphatic heterocycles. The molecule has 2 unspecified atom stereocenters. The van der Waals surface area contributed by atoms with Crippen LogP contribution < -0.4 is 5.73 Å². The molecule has 0 aromatic heterocycles. The topological polar surface area (TPSA) is 29.3 Å². The summed E-state index contributed by atoms with van der Waals surface area (Å²) in [5.41, 5.74) is 5.58. The Morgan fingerprint density at radius 2 is 1.41 bits per heavy atom. The summed E-state index contributed by atoms with van der Waals surface area (Å²) in [7, 11) is 0. The number of hydrogen-bond donors (Lipinski definition) is 1. The molecule has 2 N–H and O–H groups in total. The molecule has 2 nitrogen and oxygen atoms in total. The van der Waals surface area contributed by atoms with Crippen molar-refractivity contribution in [2.24, 2.45) is 17.6 Å². The fraction of sp³-hybridized carbons (Fsp3) is 0.611. The number of nitrogens with two attached hydrogens (primary N) is 1. The van der Waals surface area contributed by atoms with E-state index in [1.165, 1.54) is 0 Å². The van der Waals surface area contributed by atoms with Crippen LogP contribution in [-0.4, -0.2) is 24.0 Å². The number of allylic oxidation sites excluding steroid dienone is 2. The zero-order valence-electron chi connectivity index (χ0n) is 15.4. The van der Waals surface area contributed by atoms with Crippen LogP contribution in [0, 0.1) is 38.2 Å². The summed E-state index contributed by atoms with van der Waals surface area (Å²) in [5.74, 6) is 1.09. The molecule has 0 aliphatic carbocycles. The SMILES string of the molecule is C=C(C)N.C=[C-]C.C[CH-]C.[CH2-]C1CN(C(C)C)CC1[CH2-].[W].[W]. The molecule has 0 aromatic rings. The van der Waals surface area contributed by atoms with E-state index in [0.717, 1.165) is 13.1 Å². The Kier molecular flexibility index (Phi) is 37.0. The van der Waals surface area contributed by atoms with Gasteiger partial charge in [0.25, 0.3) is 0 Å². The van der Waals surface area contributed by atoms with Crippen molar-refractivity contribution in [1.29, 1.82) is 0 Å². The zero-order valence-corrected chi connectivity index (χ0v) is 21.3. The third-order valence-corrected chi connectivity index (χ3v) is 2.33. The molecular formula is C18H36N2W2-4. The van der Waals surface area contributed by atoms with Crippen LogP contribution in [0.2, 0.25) is 0 Å². The molecule has 22 heavy (non-hydrogen) atoms. The van der Waals surface area contributed by atoms with E-state index in [2.05, 4.69) is 51.8 Å². The van der Waals surface area contributed by atoms with E-state index in [1.54, 1.807) is 13.8 Å². The molecule has 1 heterocycles. The van der Waals surface area contributed by atoms with Gasteiger partial charge >= 0.3 is 0 Å². The maximum atomic E-state index is 4.92. The van der Waals surface area contributed by atoms with Crippen LogP contribution >= 0.6 is 0 Å². The molecule has 0 radical (unpaired) electrons. The van der Waals surface area contributed by atoms with Gasteiger partial charge in [-0.15, -0.1) is 0 Å². The van der Waals surface area contributed by atoms with Crippen LogP contribution in [0.5, 0.6) is 0 Å². The predicted molar refractivity (Wildman–Crippen MR) is 93.6 cm³/mol. The molecule has 0 spiro atoms. The van der Waals surface area contributed by atoms with Gasteiger partial charge in [0.15, 0.2) is 0 Å². The molecule has 4 heteroatoms. The van der Waals surface area contributed by atoms with Crippen LogP contribution in [-0.2, 0) is 42.1 Å². The number of nitrogens with zero attached hydrogens (tertiary/aromatic N) is 1. The summed E-state index contributed by atoms with van der Waals surface area (Å²) in [6, 6.07) is 0.663. The molecule has 2 atom stereocenters. The van der Waals surface area contributed by atoms with Crippen molar-refractivity contribution in [1.82, 2.24) is 4.90 Å². The first-order valence-electron chi connectivity index (χ1n) is 7.16. The van der Waals surface area contributed by atoms with E-state index in [4.69, 9.17) is 5.73 Å². The van der Waals surface area contributed by atoms with Gasteiger partial charge in [-0.05, 0) is 39.6 Å². The largest absolute Gasteiger partial charge is 0.507 e. The second kappa shape index (κ2) is 23.9. The minimum Gasteiger partial charge on any atom is -0.507 e. The van der Waals surface area contributed by atoms with Crippen LogP contribution in [0.15, 0.2) is 18.9 Å². The molecule has 0 saturated carbocycles. The van der Waals surface area contributed by atoms with Crippen LogP contribution in [0.1, 0.15) is 41.5 Å². The van der Waals surface area contributed by atoms with Crippen molar-refractivity contribution in [3.05, 3.63) is 45.2 Å². The molecule has 1 fully saturated rings. The van der Waals surface area contributed by atoms with E-state index in [0.29, 0.717) is 23.6 Å². The Labute approximate surface area is 169 Å². The Morgan fingerprint density at radius 1 is 1.23 bits per heavy atom. The average molecular weight is 648 g/mol. The van der Waals surface area contributed by atoms with E-state index in [9.17, 15) is 0 Å². The number of likely N-dealkylation sites (tertiary alicyclic amines) is 1. The van der Waals surface area contributed by atoms with Crippen molar-refractivity contribution in [3.63, 3.8) is 0 Å². The normalized spacial score (nSPS) is 18.8. The van der Waals surface area contributed by atoms with Gasteiger partial charge in [-0.1, -0.05) is 6.58 Å². The first-order valence-corrected chi connectivity index (χ1v) is 7.16. The van der Waals surface area contributed by atoms with Gasteiger partial charge in [-0.3, -0.25) is 6.58 Å². The Bertz CT molecular complexity index is 217. The Morgan fingerprint density at radius 3 is 1.50 bits per heavy atom. The van der Waals surface area contributed by atoms with Crippen molar-refractivity contribution in [3.8, 4) is 0 Å². The van der Waals surface area contributed by atoms with Gasteiger partial charge in [0.05, 0.1) is 0 Å². The van der Waals surface area contributed by atoms with E-state index in [-0.39, 0.29) is 42.1 Å². The molecule has 0 aromatic carbocycles. The van der Waals surface area contributed by atoms with E-state index < -0.39 is 0 Å². The third-order valence-electron chi connectivity index (χ3n) is 2.33. The Hall–Kier alpha value is 0.617. The first-order chi connectivity index (χ1) is 9.17. The van der Waals surface area contributed by atoms with Gasteiger partial charge in [0, 0.05) is 48.2 Å². The van der Waals surface area contributed by atoms with Gasteiger partial charge in [-0.25, -0.2) is 0 Å². The number of rotatable bonds is 1. The Balaban J connectivity index is -0.0000000686. The van der Waals surface area contributed by atoms with Crippen LogP contribution in [0.3, 0.4) is 0 Å². The maximum absolute atomic E-state index is 4.92. The predicted octanol–water partition coefficient (Wildman–Crippen LogP) is 4.31. The molecule has 1 rings (SSSR count). The zero-order chi connectivity index (χ0) is 16.7. The maximum Gasteiger partial charge on any atom is 0.00366 e. The smallest absolute Gasteiger partial charge is 0.00366 e. The third kappa shape index (κ3) is 28.7. The summed E-state index contributed by atoms with van der Waals surface area (Å²) in [6.45, 7) is 28.9. The second-order valence-electron chi connectivity index (χ2n) is 5.35. The van der Waals surface area contributed by atoms with Crippen molar-refractivity contribution >= 4 is 0 Å². The van der Waals surface area contributed by atoms with E-state index in [1.807, 2.05) is 20.3 Å². The molecule has 0 amide bonds. The molecule has 1 saturated heterocycles. The van der Waals surface area contributed by atoms with Crippen molar-refractivity contribution < 1.29 is 42.1 Å². The van der Waals surface area contributed by atoms with Gasteiger partial charge < -0.3 is 37.0 Å². The molecule has 0 bridgehead atoms. The van der Waals surface area contributed by atoms with Crippen LogP contribution in [0.4, 0.5) is 0 Å². The fourth-order valence-corrected chi connectivity index (χ4v) is 1.40. The number of hydrogen-bond acceptors (Lipinski definition) is 2. The summed E-state index contributed by atoms with van der Waals surface area (Å²) in [4.78, 5) is 2.44. The average Bonchev–Trinajstić information content (AvgIpc) is 2.61. The quantitative estimate of drug-likeness (QED) is 0.430. The van der Waals surface area contributed by atoms with E-state index >= 15 is 0 Å². The minimum atomic E-state index is 0. The van der Waals surface area contributed by atoms with Crippen molar-refractivity contribution in [2.75, 3.05) is 13.1 Å². The monoisotopic (exact) mass is 648 g/mol. The van der Waals surface area contributed by atoms with Gasteiger partial charge in [0.1, 0.15) is 0 Å². The van der Waals surface area contributed by atoms with Crippen molar-refractivity contribution in [2.45, 2.75) is 47.6 Å². The van der Waals surface area contributed by atoms with Crippen LogP contribution in [0.25, 0.3) is 0 Å². The van der Waals surface area contributed by atoms with Gasteiger partial charge in [0.2, 0.25) is 0 Å². The summed E-state index contributed by atoms with van der Waals surface area (Å²) >= 11 is 0. The summed E-state index contributed by atoms with van der Waals surface area (Å²) in [6.07, 6.45) is 4.50. The van der Waals surface area contributed by atoms with Gasteiger partial charge in [-0.2, -0.15) is 32.6 Å².